The normalized spacial score (nSPS) is 12.0. The molecule has 0 bridgehead atoms. The molecule has 0 N–H and O–H groups in total. The molecule has 0 aliphatic carbocycles. The zero-order valence-electron chi connectivity index (χ0n) is 20.4. The van der Waals surface area contributed by atoms with E-state index in [4.69, 9.17) is 4.74 Å². The third-order valence-electron chi connectivity index (χ3n) is 6.08. The molecule has 1 heterocycles. The van der Waals surface area contributed by atoms with Gasteiger partial charge in [-0.3, -0.25) is 4.79 Å². The molecule has 2 aromatic rings. The predicted octanol–water partition coefficient (Wildman–Crippen LogP) is 7.35. The SMILES string of the molecule is CCCCCCCCCCc1cnc(-c2ccc(CCC(=O)OCC(C)CC)cc2)nc1. The summed E-state index contributed by atoms with van der Waals surface area (Å²) in [4.78, 5) is 21.0. The van der Waals surface area contributed by atoms with Crippen LogP contribution in [0.5, 0.6) is 0 Å². The Hall–Kier alpha value is -2.23. The maximum absolute atomic E-state index is 11.9. The van der Waals surface area contributed by atoms with Crippen LogP contribution in [0.15, 0.2) is 36.7 Å². The molecule has 2 rings (SSSR count). The van der Waals surface area contributed by atoms with Gasteiger partial charge in [-0.25, -0.2) is 9.97 Å². The van der Waals surface area contributed by atoms with Crippen LogP contribution in [0, 0.1) is 5.92 Å². The summed E-state index contributed by atoms with van der Waals surface area (Å²) in [5.74, 6) is 1.05. The second-order valence-corrected chi connectivity index (χ2v) is 9.03. The van der Waals surface area contributed by atoms with Crippen LogP contribution in [0.25, 0.3) is 11.4 Å². The van der Waals surface area contributed by atoms with Crippen LogP contribution in [0.3, 0.4) is 0 Å². The lowest BCUT2D eigenvalue weighted by molar-refractivity contribution is -0.144. The Morgan fingerprint density at radius 1 is 0.844 bits per heavy atom. The second-order valence-electron chi connectivity index (χ2n) is 9.03. The van der Waals surface area contributed by atoms with Gasteiger partial charge >= 0.3 is 5.97 Å². The van der Waals surface area contributed by atoms with Gasteiger partial charge in [-0.1, -0.05) is 96.4 Å². The van der Waals surface area contributed by atoms with Crippen molar-refractivity contribution in [3.63, 3.8) is 0 Å². The minimum atomic E-state index is -0.121. The lowest BCUT2D eigenvalue weighted by atomic mass is 10.1. The zero-order chi connectivity index (χ0) is 23.0. The van der Waals surface area contributed by atoms with Crippen LogP contribution in [0.1, 0.15) is 96.1 Å². The Morgan fingerprint density at radius 3 is 2.09 bits per heavy atom. The maximum atomic E-state index is 11.9. The molecular weight excluding hydrogens is 396 g/mol. The number of ether oxygens (including phenoxy) is 1. The van der Waals surface area contributed by atoms with E-state index in [0.29, 0.717) is 25.4 Å². The number of carbonyl (C=O) groups is 1. The van der Waals surface area contributed by atoms with Gasteiger partial charge in [0.2, 0.25) is 0 Å². The number of esters is 1. The lowest BCUT2D eigenvalue weighted by Crippen LogP contribution is -2.11. The highest BCUT2D eigenvalue weighted by Crippen LogP contribution is 2.17. The van der Waals surface area contributed by atoms with Gasteiger partial charge in [-0.15, -0.1) is 0 Å². The van der Waals surface area contributed by atoms with Gasteiger partial charge in [-0.2, -0.15) is 0 Å². The first-order chi connectivity index (χ1) is 15.6. The van der Waals surface area contributed by atoms with Crippen LogP contribution in [0.4, 0.5) is 0 Å². The highest BCUT2D eigenvalue weighted by atomic mass is 16.5. The molecule has 1 unspecified atom stereocenters. The smallest absolute Gasteiger partial charge is 0.306 e. The average molecular weight is 439 g/mol. The number of hydrogen-bond donors (Lipinski definition) is 0. The van der Waals surface area contributed by atoms with Crippen LogP contribution in [0.2, 0.25) is 0 Å². The average Bonchev–Trinajstić information content (AvgIpc) is 2.83. The second kappa shape index (κ2) is 15.6. The summed E-state index contributed by atoms with van der Waals surface area (Å²) in [6.07, 6.45) is 17.8. The Kier molecular flexibility index (Phi) is 12.6. The van der Waals surface area contributed by atoms with Crippen molar-refractivity contribution in [2.45, 2.75) is 97.8 Å². The number of carbonyl (C=O) groups excluding carboxylic acids is 1. The Morgan fingerprint density at radius 2 is 1.47 bits per heavy atom. The summed E-state index contributed by atoms with van der Waals surface area (Å²) >= 11 is 0. The van der Waals surface area contributed by atoms with Gasteiger partial charge in [0.25, 0.3) is 0 Å². The summed E-state index contributed by atoms with van der Waals surface area (Å²) in [5.41, 5.74) is 3.35. The van der Waals surface area contributed by atoms with E-state index in [1.165, 1.54) is 56.9 Å². The molecule has 0 fully saturated rings. The van der Waals surface area contributed by atoms with Crippen molar-refractivity contribution in [1.82, 2.24) is 9.97 Å². The molecule has 0 saturated carbocycles. The van der Waals surface area contributed by atoms with Crippen LogP contribution < -0.4 is 0 Å². The Labute approximate surface area is 195 Å². The van der Waals surface area contributed by atoms with Gasteiger partial charge < -0.3 is 4.74 Å². The van der Waals surface area contributed by atoms with Gasteiger partial charge in [0.05, 0.1) is 6.61 Å². The number of rotatable bonds is 16. The number of benzene rings is 1. The van der Waals surface area contributed by atoms with E-state index in [1.54, 1.807) is 0 Å². The lowest BCUT2D eigenvalue weighted by Gasteiger charge is -2.09. The Bertz CT molecular complexity index is 756. The fourth-order valence-electron chi connectivity index (χ4n) is 3.59. The fourth-order valence-corrected chi connectivity index (χ4v) is 3.59. The van der Waals surface area contributed by atoms with Gasteiger partial charge in [0.1, 0.15) is 0 Å². The van der Waals surface area contributed by atoms with Crippen LogP contribution >= 0.6 is 0 Å². The molecular formula is C28H42N2O2. The van der Waals surface area contributed by atoms with Gasteiger partial charge in [0.15, 0.2) is 5.82 Å². The topological polar surface area (TPSA) is 52.1 Å². The van der Waals surface area contributed by atoms with E-state index in [-0.39, 0.29) is 5.97 Å². The third-order valence-corrected chi connectivity index (χ3v) is 6.08. The van der Waals surface area contributed by atoms with E-state index in [9.17, 15) is 4.79 Å². The molecule has 0 amide bonds. The molecule has 32 heavy (non-hydrogen) atoms. The van der Waals surface area contributed by atoms with E-state index in [1.807, 2.05) is 24.5 Å². The summed E-state index contributed by atoms with van der Waals surface area (Å²) in [7, 11) is 0. The van der Waals surface area contributed by atoms with E-state index < -0.39 is 0 Å². The zero-order valence-corrected chi connectivity index (χ0v) is 20.4. The molecule has 0 aliphatic heterocycles. The minimum absolute atomic E-state index is 0.121. The quantitative estimate of drug-likeness (QED) is 0.203. The standard InChI is InChI=1S/C28H42N2O2/c1-4-6-7-8-9-10-11-12-13-25-20-29-28(30-21-25)26-17-14-24(15-18-26)16-19-27(31)32-22-23(3)5-2/h14-15,17-18,20-21,23H,4-13,16,19,22H2,1-3H3. The Balaban J connectivity index is 1.69. The summed E-state index contributed by atoms with van der Waals surface area (Å²) in [6, 6.07) is 8.17. The molecule has 1 atom stereocenters. The summed E-state index contributed by atoms with van der Waals surface area (Å²) in [6.45, 7) is 6.98. The van der Waals surface area contributed by atoms with Crippen molar-refractivity contribution in [2.24, 2.45) is 5.92 Å². The number of aromatic nitrogens is 2. The molecule has 0 saturated heterocycles. The van der Waals surface area contributed by atoms with Crippen LogP contribution in [-0.4, -0.2) is 22.5 Å². The van der Waals surface area contributed by atoms with E-state index in [0.717, 1.165) is 29.8 Å². The van der Waals surface area contributed by atoms with Gasteiger partial charge in [0, 0.05) is 24.4 Å². The van der Waals surface area contributed by atoms with Crippen molar-refractivity contribution in [1.29, 1.82) is 0 Å². The minimum Gasteiger partial charge on any atom is -0.465 e. The highest BCUT2D eigenvalue weighted by molar-refractivity contribution is 5.69. The van der Waals surface area contributed by atoms with Crippen molar-refractivity contribution in [3.05, 3.63) is 47.8 Å². The van der Waals surface area contributed by atoms with Crippen molar-refractivity contribution < 1.29 is 9.53 Å². The first kappa shape index (κ1) is 26.0. The molecule has 4 heteroatoms. The third kappa shape index (κ3) is 10.4. The molecule has 0 radical (unpaired) electrons. The van der Waals surface area contributed by atoms with E-state index >= 15 is 0 Å². The molecule has 176 valence electrons. The number of nitrogens with zero attached hydrogens (tertiary/aromatic N) is 2. The molecule has 0 aliphatic rings. The van der Waals surface area contributed by atoms with Crippen molar-refractivity contribution in [2.75, 3.05) is 6.61 Å². The molecule has 1 aromatic carbocycles. The van der Waals surface area contributed by atoms with Crippen molar-refractivity contribution in [3.8, 4) is 11.4 Å². The van der Waals surface area contributed by atoms with E-state index in [2.05, 4.69) is 42.9 Å². The number of unbranched alkanes of at least 4 members (excludes halogenated alkanes) is 7. The monoisotopic (exact) mass is 438 g/mol. The molecule has 1 aromatic heterocycles. The largest absolute Gasteiger partial charge is 0.465 e. The molecule has 0 spiro atoms. The number of aryl methyl sites for hydroxylation is 2. The fraction of sp³-hybridized carbons (Fsp3) is 0.607. The first-order valence-electron chi connectivity index (χ1n) is 12.7. The number of hydrogen-bond acceptors (Lipinski definition) is 4. The predicted molar refractivity (Wildman–Crippen MR) is 133 cm³/mol. The maximum Gasteiger partial charge on any atom is 0.306 e. The summed E-state index contributed by atoms with van der Waals surface area (Å²) in [5, 5.41) is 0. The van der Waals surface area contributed by atoms with Gasteiger partial charge in [-0.05, 0) is 36.3 Å². The van der Waals surface area contributed by atoms with Crippen molar-refractivity contribution >= 4 is 5.97 Å². The highest BCUT2D eigenvalue weighted by Gasteiger charge is 2.07. The first-order valence-corrected chi connectivity index (χ1v) is 12.7. The molecule has 4 nitrogen and oxygen atoms in total. The summed E-state index contributed by atoms with van der Waals surface area (Å²) < 4.78 is 5.32. The van der Waals surface area contributed by atoms with Crippen LogP contribution in [-0.2, 0) is 22.4 Å².